The van der Waals surface area contributed by atoms with Crippen LogP contribution in [0.5, 0.6) is 0 Å². The number of aliphatic hydroxyl groups excluding tert-OH is 1. The van der Waals surface area contributed by atoms with E-state index in [4.69, 9.17) is 4.74 Å². The topological polar surface area (TPSA) is 76.4 Å². The predicted octanol–water partition coefficient (Wildman–Crippen LogP) is 3.42. The predicted molar refractivity (Wildman–Crippen MR) is 115 cm³/mol. The van der Waals surface area contributed by atoms with E-state index < -0.39 is 0 Å². The lowest BCUT2D eigenvalue weighted by molar-refractivity contribution is -0.0274. The molecule has 0 aromatic carbocycles. The first-order valence-corrected chi connectivity index (χ1v) is 10.9. The number of allylic oxidation sites excluding steroid dienone is 3. The number of aromatic nitrogens is 2. The fourth-order valence-corrected chi connectivity index (χ4v) is 4.08. The summed E-state index contributed by atoms with van der Waals surface area (Å²) in [6, 6.07) is 0. The summed E-state index contributed by atoms with van der Waals surface area (Å²) in [6.45, 7) is 6.86. The van der Waals surface area contributed by atoms with Crippen LogP contribution in [-0.2, 0) is 11.3 Å². The van der Waals surface area contributed by atoms with Crippen molar-refractivity contribution in [2.24, 2.45) is 0 Å². The van der Waals surface area contributed by atoms with Crippen molar-refractivity contribution < 1.29 is 9.84 Å². The van der Waals surface area contributed by atoms with E-state index in [1.165, 1.54) is 11.1 Å². The van der Waals surface area contributed by atoms with Gasteiger partial charge in [0.15, 0.2) is 5.16 Å². The molecule has 7 heteroatoms. The summed E-state index contributed by atoms with van der Waals surface area (Å²) < 4.78 is 7.89. The van der Waals surface area contributed by atoms with Crippen LogP contribution in [0, 0.1) is 0 Å². The minimum absolute atomic E-state index is 0.0175. The maximum Gasteiger partial charge on any atom is 0.278 e. The van der Waals surface area contributed by atoms with Gasteiger partial charge in [-0.25, -0.2) is 0 Å². The van der Waals surface area contributed by atoms with Gasteiger partial charge in [0.05, 0.1) is 12.7 Å². The molecule has 2 rings (SSSR count). The number of aliphatic hydroxyl groups is 1. The first kappa shape index (κ1) is 22.9. The average molecular weight is 408 g/mol. The Bertz CT molecular complexity index is 754. The van der Waals surface area contributed by atoms with Gasteiger partial charge in [0.25, 0.3) is 5.56 Å². The number of nitrogens with zero attached hydrogens (tertiary/aromatic N) is 2. The molecule has 156 valence electrons. The number of thioether (sulfide) groups is 1. The molecule has 0 amide bonds. The van der Waals surface area contributed by atoms with E-state index in [0.717, 1.165) is 31.4 Å². The zero-order valence-electron chi connectivity index (χ0n) is 17.4. The van der Waals surface area contributed by atoms with Crippen LogP contribution in [0.4, 0.5) is 0 Å². The van der Waals surface area contributed by atoms with Crippen LogP contribution < -0.4 is 10.9 Å². The van der Waals surface area contributed by atoms with Crippen molar-refractivity contribution >= 4 is 11.8 Å². The second-order valence-corrected chi connectivity index (χ2v) is 8.43. The molecule has 1 fully saturated rings. The second kappa shape index (κ2) is 11.6. The molecule has 2 N–H and O–H groups in total. The molecule has 2 heterocycles. The number of hydrogen-bond donors (Lipinski definition) is 2. The zero-order chi connectivity index (χ0) is 20.5. The molecule has 0 bridgehead atoms. The fraction of sp³-hybridized carbons (Fsp3) is 0.619. The van der Waals surface area contributed by atoms with Gasteiger partial charge in [0.2, 0.25) is 0 Å². The lowest BCUT2D eigenvalue weighted by Gasteiger charge is -2.20. The van der Waals surface area contributed by atoms with Gasteiger partial charge >= 0.3 is 0 Å². The molecule has 1 saturated heterocycles. The van der Waals surface area contributed by atoms with Gasteiger partial charge in [0.1, 0.15) is 6.23 Å². The molecule has 6 nitrogen and oxygen atoms in total. The van der Waals surface area contributed by atoms with E-state index in [1.54, 1.807) is 11.8 Å². The highest BCUT2D eigenvalue weighted by molar-refractivity contribution is 7.99. The summed E-state index contributed by atoms with van der Waals surface area (Å²) in [5.74, 6) is 0.759. The van der Waals surface area contributed by atoms with Crippen LogP contribution >= 0.6 is 11.8 Å². The van der Waals surface area contributed by atoms with Gasteiger partial charge in [0, 0.05) is 24.1 Å². The molecule has 28 heavy (non-hydrogen) atoms. The molecule has 1 aromatic rings. The average Bonchev–Trinajstić information content (AvgIpc) is 3.12. The van der Waals surface area contributed by atoms with Gasteiger partial charge in [-0.15, -0.1) is 0 Å². The van der Waals surface area contributed by atoms with Gasteiger partial charge < -0.3 is 19.7 Å². The summed E-state index contributed by atoms with van der Waals surface area (Å²) in [5, 5.41) is 13.0. The smallest absolute Gasteiger partial charge is 0.278 e. The SMILES string of the molecule is CNCc1cn(C2CCC(CO)O2)c(SC/C=C(\C)CCC=C(C)C)nc1=O. The summed E-state index contributed by atoms with van der Waals surface area (Å²) in [7, 11) is 1.81. The third kappa shape index (κ3) is 6.88. The Morgan fingerprint density at radius 3 is 2.82 bits per heavy atom. The normalized spacial score (nSPS) is 19.8. The molecule has 2 unspecified atom stereocenters. The fourth-order valence-electron chi connectivity index (χ4n) is 3.09. The van der Waals surface area contributed by atoms with Crippen molar-refractivity contribution in [2.45, 2.75) is 70.5 Å². The molecular formula is C21H33N3O3S. The molecule has 0 saturated carbocycles. The summed E-state index contributed by atoms with van der Waals surface area (Å²) in [5.41, 5.74) is 3.10. The van der Waals surface area contributed by atoms with E-state index in [1.807, 2.05) is 17.8 Å². The summed E-state index contributed by atoms with van der Waals surface area (Å²) >= 11 is 1.55. The van der Waals surface area contributed by atoms with E-state index in [-0.39, 0.29) is 24.5 Å². The monoisotopic (exact) mass is 407 g/mol. The van der Waals surface area contributed by atoms with Crippen LogP contribution in [0.15, 0.2) is 39.4 Å². The van der Waals surface area contributed by atoms with Crippen LogP contribution in [0.3, 0.4) is 0 Å². The first-order chi connectivity index (χ1) is 13.4. The minimum Gasteiger partial charge on any atom is -0.394 e. The standard InChI is InChI=1S/C21H33N3O3S/c1-15(2)6-5-7-16(3)10-11-28-21-23-20(26)17(12-22-4)13-24(21)19-9-8-18(14-25)27-19/h6,10,13,18-19,22,25H,5,7-9,11-12,14H2,1-4H3/b16-10+. The number of nitrogens with one attached hydrogen (secondary N) is 1. The lowest BCUT2D eigenvalue weighted by Crippen LogP contribution is -2.25. The van der Waals surface area contributed by atoms with Gasteiger partial charge in [-0.05, 0) is 53.5 Å². The Labute approximate surface area is 172 Å². The van der Waals surface area contributed by atoms with Crippen LogP contribution in [-0.4, -0.2) is 40.2 Å². The molecule has 0 aliphatic carbocycles. The first-order valence-electron chi connectivity index (χ1n) is 9.89. The van der Waals surface area contributed by atoms with Crippen molar-refractivity contribution in [2.75, 3.05) is 19.4 Å². The number of rotatable bonds is 10. The van der Waals surface area contributed by atoms with Crippen molar-refractivity contribution in [3.8, 4) is 0 Å². The molecule has 0 radical (unpaired) electrons. The maximum atomic E-state index is 12.3. The minimum atomic E-state index is -0.200. The largest absolute Gasteiger partial charge is 0.394 e. The molecule has 1 aliphatic heterocycles. The third-order valence-corrected chi connectivity index (χ3v) is 5.58. The Kier molecular flexibility index (Phi) is 9.44. The Hall–Kier alpha value is -1.41. The Balaban J connectivity index is 2.12. The Morgan fingerprint density at radius 2 is 2.18 bits per heavy atom. The quantitative estimate of drug-likeness (QED) is 0.352. The van der Waals surface area contributed by atoms with Crippen molar-refractivity contribution in [3.05, 3.63) is 45.4 Å². The highest BCUT2D eigenvalue weighted by Gasteiger charge is 2.27. The lowest BCUT2D eigenvalue weighted by atomic mass is 10.1. The van der Waals surface area contributed by atoms with Crippen molar-refractivity contribution in [1.82, 2.24) is 14.9 Å². The second-order valence-electron chi connectivity index (χ2n) is 7.45. The highest BCUT2D eigenvalue weighted by atomic mass is 32.2. The van der Waals surface area contributed by atoms with Gasteiger partial charge in [-0.2, -0.15) is 4.98 Å². The van der Waals surface area contributed by atoms with E-state index in [9.17, 15) is 9.90 Å². The van der Waals surface area contributed by atoms with Crippen LogP contribution in [0.2, 0.25) is 0 Å². The molecule has 1 aliphatic rings. The zero-order valence-corrected chi connectivity index (χ0v) is 18.2. The van der Waals surface area contributed by atoms with E-state index >= 15 is 0 Å². The number of ether oxygens (including phenoxy) is 1. The van der Waals surface area contributed by atoms with Crippen LogP contribution in [0.1, 0.15) is 58.2 Å². The van der Waals surface area contributed by atoms with Crippen molar-refractivity contribution in [1.29, 1.82) is 0 Å². The molecular weight excluding hydrogens is 374 g/mol. The van der Waals surface area contributed by atoms with Crippen LogP contribution in [0.25, 0.3) is 0 Å². The van der Waals surface area contributed by atoms with Gasteiger partial charge in [-0.1, -0.05) is 35.1 Å². The third-order valence-electron chi connectivity index (χ3n) is 4.69. The highest BCUT2D eigenvalue weighted by Crippen LogP contribution is 2.31. The molecule has 0 spiro atoms. The van der Waals surface area contributed by atoms with Gasteiger partial charge in [-0.3, -0.25) is 4.79 Å². The van der Waals surface area contributed by atoms with E-state index in [2.05, 4.69) is 43.2 Å². The van der Waals surface area contributed by atoms with Crippen molar-refractivity contribution in [3.63, 3.8) is 0 Å². The Morgan fingerprint density at radius 1 is 1.39 bits per heavy atom. The molecule has 1 aromatic heterocycles. The maximum absolute atomic E-state index is 12.3. The summed E-state index contributed by atoms with van der Waals surface area (Å²) in [4.78, 5) is 16.7. The number of hydrogen-bond acceptors (Lipinski definition) is 6. The summed E-state index contributed by atoms with van der Waals surface area (Å²) in [6.07, 6.45) is 9.67. The molecule has 2 atom stereocenters. The van der Waals surface area contributed by atoms with E-state index in [0.29, 0.717) is 17.3 Å².